The van der Waals surface area contributed by atoms with Crippen molar-refractivity contribution in [1.29, 1.82) is 0 Å². The number of unbranched alkanes of at least 4 members (excludes halogenated alkanes) is 2. The Kier molecular flexibility index (Phi) is 9.62. The van der Waals surface area contributed by atoms with Gasteiger partial charge in [0.15, 0.2) is 0 Å². The second kappa shape index (κ2) is 13.3. The summed E-state index contributed by atoms with van der Waals surface area (Å²) in [6.07, 6.45) is 5.60. The highest BCUT2D eigenvalue weighted by atomic mass is 32.2. The Morgan fingerprint density at radius 3 is 2.57 bits per heavy atom. The van der Waals surface area contributed by atoms with E-state index in [2.05, 4.69) is 21.7 Å². The van der Waals surface area contributed by atoms with Crippen molar-refractivity contribution in [1.82, 2.24) is 14.9 Å². The number of hydrogen-bond donors (Lipinski definition) is 1. The van der Waals surface area contributed by atoms with Gasteiger partial charge in [0.05, 0.1) is 18.2 Å². The maximum absolute atomic E-state index is 11.4. The van der Waals surface area contributed by atoms with Crippen molar-refractivity contribution in [3.05, 3.63) is 65.9 Å². The zero-order valence-corrected chi connectivity index (χ0v) is 22.4. The number of primary amides is 1. The molecule has 0 bridgehead atoms. The average molecular weight is 522 g/mol. The average Bonchev–Trinajstić information content (AvgIpc) is 2.93. The Morgan fingerprint density at radius 1 is 1.08 bits per heavy atom. The highest BCUT2D eigenvalue weighted by molar-refractivity contribution is 7.99. The van der Waals surface area contributed by atoms with Crippen LogP contribution in [0.25, 0.3) is 0 Å². The molecule has 0 saturated carbocycles. The molecule has 1 aromatic heterocycles. The molecule has 0 unspecified atom stereocenters. The largest absolute Gasteiger partial charge is 0.497 e. The molecule has 1 amide bonds. The maximum atomic E-state index is 11.4. The van der Waals surface area contributed by atoms with Gasteiger partial charge in [-0.2, -0.15) is 4.98 Å². The molecule has 1 aliphatic rings. The minimum absolute atomic E-state index is 0.354. The summed E-state index contributed by atoms with van der Waals surface area (Å²) in [5, 5.41) is 0. The van der Waals surface area contributed by atoms with E-state index in [-0.39, 0.29) is 0 Å². The van der Waals surface area contributed by atoms with Crippen molar-refractivity contribution in [3.63, 3.8) is 0 Å². The first kappa shape index (κ1) is 26.8. The van der Waals surface area contributed by atoms with Crippen LogP contribution >= 0.6 is 11.8 Å². The van der Waals surface area contributed by atoms with Crippen LogP contribution in [0, 0.1) is 0 Å². The molecule has 0 radical (unpaired) electrons. The Hall–Kier alpha value is -3.30. The molecule has 2 heterocycles. The number of anilines is 1. The van der Waals surface area contributed by atoms with Gasteiger partial charge in [-0.1, -0.05) is 43.7 Å². The molecule has 0 spiro atoms. The SMILES string of the molecule is CCCCCN1CCN(c2ncc(Sc3ccc(C(N)=O)cc3)c(OCc3cccc(OC)c3)n2)CC1. The highest BCUT2D eigenvalue weighted by Crippen LogP contribution is 2.35. The van der Waals surface area contributed by atoms with Crippen LogP contribution in [0.2, 0.25) is 0 Å². The van der Waals surface area contributed by atoms with Crippen molar-refractivity contribution in [2.45, 2.75) is 42.6 Å². The molecule has 4 rings (SSSR count). The fourth-order valence-corrected chi connectivity index (χ4v) is 4.98. The Morgan fingerprint density at radius 2 is 1.86 bits per heavy atom. The summed E-state index contributed by atoms with van der Waals surface area (Å²) in [4.78, 5) is 27.4. The lowest BCUT2D eigenvalue weighted by atomic mass is 10.2. The van der Waals surface area contributed by atoms with Gasteiger partial charge in [-0.25, -0.2) is 4.98 Å². The van der Waals surface area contributed by atoms with Crippen LogP contribution in [0.1, 0.15) is 42.1 Å². The quantitative estimate of drug-likeness (QED) is 0.345. The summed E-state index contributed by atoms with van der Waals surface area (Å²) < 4.78 is 11.6. The third-order valence-electron chi connectivity index (χ3n) is 6.32. The number of aromatic nitrogens is 2. The van der Waals surface area contributed by atoms with Gasteiger partial charge < -0.3 is 20.1 Å². The molecule has 1 saturated heterocycles. The van der Waals surface area contributed by atoms with E-state index < -0.39 is 5.91 Å². The van der Waals surface area contributed by atoms with Gasteiger partial charge in [0.25, 0.3) is 0 Å². The number of piperazine rings is 1. The molecule has 37 heavy (non-hydrogen) atoms. The standard InChI is InChI=1S/C28H35N5O3S/c1-3-4-5-13-32-14-16-33(17-15-32)28-30-19-25(37-24-11-9-22(10-12-24)26(29)34)27(31-28)36-20-21-7-6-8-23(18-21)35-2/h6-12,18-19H,3-5,13-17,20H2,1-2H3,(H2,29,34). The van der Waals surface area contributed by atoms with Gasteiger partial charge in [-0.3, -0.25) is 9.69 Å². The summed E-state index contributed by atoms with van der Waals surface area (Å²) in [5.74, 6) is 1.55. The van der Waals surface area contributed by atoms with Crippen molar-refractivity contribution in [2.24, 2.45) is 5.73 Å². The van der Waals surface area contributed by atoms with Crippen LogP contribution in [0.15, 0.2) is 64.5 Å². The number of rotatable bonds is 12. The number of methoxy groups -OCH3 is 1. The van der Waals surface area contributed by atoms with Gasteiger partial charge in [0, 0.05) is 36.6 Å². The Balaban J connectivity index is 1.50. The normalized spacial score (nSPS) is 13.9. The van der Waals surface area contributed by atoms with Gasteiger partial charge in [-0.05, 0) is 54.9 Å². The van der Waals surface area contributed by atoms with Crippen molar-refractivity contribution in [3.8, 4) is 11.6 Å². The summed E-state index contributed by atoms with van der Waals surface area (Å²) >= 11 is 1.49. The van der Waals surface area contributed by atoms with Gasteiger partial charge in [0.1, 0.15) is 12.4 Å². The van der Waals surface area contributed by atoms with E-state index in [1.165, 1.54) is 31.0 Å². The molecular formula is C28H35N5O3S. The number of ether oxygens (including phenoxy) is 2. The zero-order chi connectivity index (χ0) is 26.0. The third kappa shape index (κ3) is 7.60. The summed E-state index contributed by atoms with van der Waals surface area (Å²) in [6.45, 7) is 7.55. The molecule has 9 heteroatoms. The minimum Gasteiger partial charge on any atom is -0.497 e. The molecule has 0 atom stereocenters. The molecule has 3 aromatic rings. The van der Waals surface area contributed by atoms with Crippen LogP contribution in [0.5, 0.6) is 11.6 Å². The summed E-state index contributed by atoms with van der Waals surface area (Å²) in [5.41, 5.74) is 6.84. The Bertz CT molecular complexity index is 1170. The van der Waals surface area contributed by atoms with Gasteiger partial charge in [0.2, 0.25) is 17.7 Å². The predicted molar refractivity (Wildman–Crippen MR) is 147 cm³/mol. The van der Waals surface area contributed by atoms with Crippen LogP contribution < -0.4 is 20.1 Å². The monoisotopic (exact) mass is 521 g/mol. The van der Waals surface area contributed by atoms with Crippen molar-refractivity contribution < 1.29 is 14.3 Å². The van der Waals surface area contributed by atoms with Crippen molar-refractivity contribution in [2.75, 3.05) is 44.7 Å². The second-order valence-electron chi connectivity index (χ2n) is 9.01. The lowest BCUT2D eigenvalue weighted by Gasteiger charge is -2.34. The van der Waals surface area contributed by atoms with Crippen LogP contribution in [-0.4, -0.2) is 60.6 Å². The lowest BCUT2D eigenvalue weighted by molar-refractivity contribution is 0.1000. The Labute approximate surface area is 223 Å². The third-order valence-corrected chi connectivity index (χ3v) is 7.33. The molecule has 1 fully saturated rings. The second-order valence-corrected chi connectivity index (χ2v) is 10.1. The first-order valence-corrected chi connectivity index (χ1v) is 13.5. The van der Waals surface area contributed by atoms with E-state index in [1.807, 2.05) is 42.6 Å². The van der Waals surface area contributed by atoms with Crippen LogP contribution in [-0.2, 0) is 6.61 Å². The molecule has 8 nitrogen and oxygen atoms in total. The van der Waals surface area contributed by atoms with E-state index in [9.17, 15) is 4.79 Å². The fraction of sp³-hybridized carbons (Fsp3) is 0.393. The lowest BCUT2D eigenvalue weighted by Crippen LogP contribution is -2.47. The summed E-state index contributed by atoms with van der Waals surface area (Å²) in [7, 11) is 1.65. The highest BCUT2D eigenvalue weighted by Gasteiger charge is 2.21. The number of carbonyl (C=O) groups is 1. The van der Waals surface area contributed by atoms with Gasteiger partial charge >= 0.3 is 0 Å². The fourth-order valence-electron chi connectivity index (χ4n) is 4.16. The molecule has 2 N–H and O–H groups in total. The molecule has 0 aliphatic carbocycles. The number of nitrogens with two attached hydrogens (primary N) is 1. The number of carbonyl (C=O) groups excluding carboxylic acids is 1. The number of hydrogen-bond acceptors (Lipinski definition) is 8. The predicted octanol–water partition coefficient (Wildman–Crippen LogP) is 4.63. The van der Waals surface area contributed by atoms with E-state index in [4.69, 9.17) is 20.2 Å². The first-order chi connectivity index (χ1) is 18.1. The van der Waals surface area contributed by atoms with E-state index >= 15 is 0 Å². The maximum Gasteiger partial charge on any atom is 0.248 e. The summed E-state index contributed by atoms with van der Waals surface area (Å²) in [6, 6.07) is 15.0. The molecule has 196 valence electrons. The number of amides is 1. The zero-order valence-electron chi connectivity index (χ0n) is 21.6. The van der Waals surface area contributed by atoms with Crippen LogP contribution in [0.3, 0.4) is 0 Å². The van der Waals surface area contributed by atoms with Crippen molar-refractivity contribution >= 4 is 23.6 Å². The number of benzene rings is 2. The van der Waals surface area contributed by atoms with E-state index in [0.29, 0.717) is 24.0 Å². The molecular weight excluding hydrogens is 486 g/mol. The molecule has 2 aromatic carbocycles. The first-order valence-electron chi connectivity index (χ1n) is 12.7. The minimum atomic E-state index is -0.447. The van der Waals surface area contributed by atoms with E-state index in [1.54, 1.807) is 19.2 Å². The van der Waals surface area contributed by atoms with E-state index in [0.717, 1.165) is 53.8 Å². The topological polar surface area (TPSA) is 93.8 Å². The number of nitrogens with zero attached hydrogens (tertiary/aromatic N) is 4. The molecule has 1 aliphatic heterocycles. The van der Waals surface area contributed by atoms with Gasteiger partial charge in [-0.15, -0.1) is 0 Å². The smallest absolute Gasteiger partial charge is 0.248 e. The van der Waals surface area contributed by atoms with Crippen LogP contribution in [0.4, 0.5) is 5.95 Å².